The van der Waals surface area contributed by atoms with Crippen LogP contribution in [0.3, 0.4) is 0 Å². The molecule has 1 N–H and O–H groups in total. The molecule has 0 aliphatic rings. The predicted octanol–water partition coefficient (Wildman–Crippen LogP) is 5.79. The average molecular weight is 456 g/mol. The molecule has 33 heavy (non-hydrogen) atoms. The third-order valence-corrected chi connectivity index (χ3v) is 5.75. The van der Waals surface area contributed by atoms with Crippen molar-refractivity contribution in [1.29, 1.82) is 0 Å². The molecule has 6 nitrogen and oxygen atoms in total. The molecule has 0 aliphatic heterocycles. The van der Waals surface area contributed by atoms with Crippen LogP contribution in [0.15, 0.2) is 78.9 Å². The van der Waals surface area contributed by atoms with E-state index in [0.717, 1.165) is 27.9 Å². The van der Waals surface area contributed by atoms with Crippen molar-refractivity contribution in [2.75, 3.05) is 5.32 Å². The fourth-order valence-electron chi connectivity index (χ4n) is 3.95. The van der Waals surface area contributed by atoms with Crippen LogP contribution in [0.2, 0.25) is 5.02 Å². The lowest BCUT2D eigenvalue weighted by molar-refractivity contribution is 0.102. The van der Waals surface area contributed by atoms with E-state index in [2.05, 4.69) is 15.0 Å². The molecule has 0 spiro atoms. The second-order valence-corrected chi connectivity index (χ2v) is 8.40. The smallest absolute Gasteiger partial charge is 0.257 e. The summed E-state index contributed by atoms with van der Waals surface area (Å²) in [5.41, 5.74) is 5.16. The van der Waals surface area contributed by atoms with E-state index in [9.17, 15) is 4.79 Å². The zero-order valence-electron chi connectivity index (χ0n) is 18.3. The molecular formula is C26H22ClN5O. The molecule has 1 amide bonds. The van der Waals surface area contributed by atoms with Crippen molar-refractivity contribution in [3.63, 3.8) is 0 Å². The first-order valence-corrected chi connectivity index (χ1v) is 11.0. The Balaban J connectivity index is 1.60. The minimum Gasteiger partial charge on any atom is -0.306 e. The lowest BCUT2D eigenvalue weighted by Gasteiger charge is -2.13. The quantitative estimate of drug-likeness (QED) is 0.364. The van der Waals surface area contributed by atoms with Crippen LogP contribution in [-0.2, 0) is 6.54 Å². The normalized spacial score (nSPS) is 11.1. The van der Waals surface area contributed by atoms with Gasteiger partial charge >= 0.3 is 0 Å². The van der Waals surface area contributed by atoms with E-state index in [-0.39, 0.29) is 5.91 Å². The third kappa shape index (κ3) is 4.13. The second kappa shape index (κ2) is 8.56. The maximum Gasteiger partial charge on any atom is 0.257 e. The van der Waals surface area contributed by atoms with Crippen LogP contribution in [0.25, 0.3) is 17.0 Å². The van der Waals surface area contributed by atoms with Crippen LogP contribution >= 0.6 is 11.6 Å². The summed E-state index contributed by atoms with van der Waals surface area (Å²) in [5, 5.41) is 8.36. The van der Waals surface area contributed by atoms with Gasteiger partial charge in [0.15, 0.2) is 0 Å². The Morgan fingerprint density at radius 2 is 1.76 bits per heavy atom. The number of nitrogens with zero attached hydrogens (tertiary/aromatic N) is 4. The summed E-state index contributed by atoms with van der Waals surface area (Å²) in [6, 6.07) is 25.0. The first-order chi connectivity index (χ1) is 16.0. The van der Waals surface area contributed by atoms with Crippen LogP contribution in [0.1, 0.15) is 27.2 Å². The van der Waals surface area contributed by atoms with Crippen molar-refractivity contribution in [3.05, 3.63) is 106 Å². The Kier molecular flexibility index (Phi) is 5.44. The molecule has 0 saturated carbocycles. The van der Waals surface area contributed by atoms with Crippen molar-refractivity contribution in [3.8, 4) is 5.95 Å². The number of fused-ring (bicyclic) bond motifs is 1. The predicted molar refractivity (Wildman–Crippen MR) is 131 cm³/mol. The Hall–Kier alpha value is -3.90. The summed E-state index contributed by atoms with van der Waals surface area (Å²) in [6.45, 7) is 4.37. The standard InChI is InChI=1S/C26H22ClN5O/c1-17-8-3-4-11-21(17)25(33)29-24-14-18(2)30-32(24)26-28-22-12-5-6-13-23(22)31(26)16-19-9-7-10-20(27)15-19/h3-15H,16H2,1-2H3,(H,29,33). The molecule has 7 heteroatoms. The molecule has 0 saturated heterocycles. The summed E-state index contributed by atoms with van der Waals surface area (Å²) in [4.78, 5) is 17.9. The Labute approximate surface area is 196 Å². The van der Waals surface area contributed by atoms with E-state index in [4.69, 9.17) is 16.6 Å². The van der Waals surface area contributed by atoms with Gasteiger partial charge in [0.05, 0.1) is 23.3 Å². The number of aryl methyl sites for hydroxylation is 2. The number of hydrogen-bond donors (Lipinski definition) is 1. The molecule has 0 unspecified atom stereocenters. The average Bonchev–Trinajstić information content (AvgIpc) is 3.34. The fraction of sp³-hybridized carbons (Fsp3) is 0.115. The van der Waals surface area contributed by atoms with Crippen LogP contribution in [0.4, 0.5) is 5.82 Å². The van der Waals surface area contributed by atoms with Crippen molar-refractivity contribution in [2.24, 2.45) is 0 Å². The molecule has 3 aromatic carbocycles. The highest BCUT2D eigenvalue weighted by Gasteiger charge is 2.19. The zero-order valence-corrected chi connectivity index (χ0v) is 19.0. The van der Waals surface area contributed by atoms with Crippen LogP contribution in [0.5, 0.6) is 0 Å². The van der Waals surface area contributed by atoms with Gasteiger partial charge in [0, 0.05) is 16.7 Å². The van der Waals surface area contributed by atoms with Gasteiger partial charge in [-0.05, 0) is 55.3 Å². The van der Waals surface area contributed by atoms with E-state index in [1.54, 1.807) is 4.68 Å². The highest BCUT2D eigenvalue weighted by molar-refractivity contribution is 6.30. The SMILES string of the molecule is Cc1cc(NC(=O)c2ccccc2C)n(-c2nc3ccccc3n2Cc2cccc(Cl)c2)n1. The Bertz CT molecular complexity index is 1480. The number of hydrogen-bond acceptors (Lipinski definition) is 3. The lowest BCUT2D eigenvalue weighted by atomic mass is 10.1. The largest absolute Gasteiger partial charge is 0.306 e. The highest BCUT2D eigenvalue weighted by atomic mass is 35.5. The van der Waals surface area contributed by atoms with Gasteiger partial charge in [-0.1, -0.05) is 54.1 Å². The van der Waals surface area contributed by atoms with E-state index in [1.807, 2.05) is 92.7 Å². The van der Waals surface area contributed by atoms with Crippen LogP contribution in [0, 0.1) is 13.8 Å². The van der Waals surface area contributed by atoms with Gasteiger partial charge in [-0.25, -0.2) is 4.98 Å². The van der Waals surface area contributed by atoms with Gasteiger partial charge in [0.25, 0.3) is 5.91 Å². The molecule has 0 radical (unpaired) electrons. The number of imidazole rings is 1. The second-order valence-electron chi connectivity index (χ2n) is 7.97. The number of rotatable bonds is 5. The fourth-order valence-corrected chi connectivity index (χ4v) is 4.16. The van der Waals surface area contributed by atoms with E-state index in [0.29, 0.717) is 28.9 Å². The number of amides is 1. The molecule has 2 heterocycles. The topological polar surface area (TPSA) is 64.7 Å². The number of halogens is 1. The summed E-state index contributed by atoms with van der Waals surface area (Å²) in [7, 11) is 0. The van der Waals surface area contributed by atoms with Crippen LogP contribution in [-0.4, -0.2) is 25.2 Å². The molecular weight excluding hydrogens is 434 g/mol. The summed E-state index contributed by atoms with van der Waals surface area (Å²) in [6.07, 6.45) is 0. The number of carbonyl (C=O) groups excluding carboxylic acids is 1. The number of aromatic nitrogens is 4. The van der Waals surface area contributed by atoms with Gasteiger partial charge < -0.3 is 9.88 Å². The molecule has 0 fully saturated rings. The Morgan fingerprint density at radius 1 is 0.970 bits per heavy atom. The first-order valence-electron chi connectivity index (χ1n) is 10.6. The van der Waals surface area contributed by atoms with Gasteiger partial charge in [0.1, 0.15) is 5.82 Å². The number of benzene rings is 3. The van der Waals surface area contributed by atoms with Crippen molar-refractivity contribution < 1.29 is 4.79 Å². The lowest BCUT2D eigenvalue weighted by Crippen LogP contribution is -2.18. The summed E-state index contributed by atoms with van der Waals surface area (Å²) >= 11 is 6.23. The monoisotopic (exact) mass is 455 g/mol. The number of para-hydroxylation sites is 2. The zero-order chi connectivity index (χ0) is 22.9. The maximum atomic E-state index is 13.0. The molecule has 0 bridgehead atoms. The van der Waals surface area contributed by atoms with Crippen molar-refractivity contribution in [1.82, 2.24) is 19.3 Å². The molecule has 5 aromatic rings. The summed E-state index contributed by atoms with van der Waals surface area (Å²) < 4.78 is 3.77. The molecule has 164 valence electrons. The summed E-state index contributed by atoms with van der Waals surface area (Å²) in [5.74, 6) is 0.986. The number of anilines is 1. The Morgan fingerprint density at radius 3 is 2.58 bits per heavy atom. The van der Waals surface area contributed by atoms with Crippen molar-refractivity contribution in [2.45, 2.75) is 20.4 Å². The molecule has 0 aliphatic carbocycles. The number of nitrogens with one attached hydrogen (secondary N) is 1. The van der Waals surface area contributed by atoms with Gasteiger partial charge in [-0.15, -0.1) is 0 Å². The molecule has 2 aromatic heterocycles. The number of carbonyl (C=O) groups is 1. The molecule has 0 atom stereocenters. The van der Waals surface area contributed by atoms with E-state index < -0.39 is 0 Å². The third-order valence-electron chi connectivity index (χ3n) is 5.52. The molecule has 5 rings (SSSR count). The first kappa shape index (κ1) is 21.0. The minimum absolute atomic E-state index is 0.188. The van der Waals surface area contributed by atoms with Gasteiger partial charge in [-0.2, -0.15) is 9.78 Å². The minimum atomic E-state index is -0.188. The van der Waals surface area contributed by atoms with E-state index in [1.165, 1.54) is 0 Å². The van der Waals surface area contributed by atoms with Gasteiger partial charge in [-0.3, -0.25) is 4.79 Å². The van der Waals surface area contributed by atoms with Crippen molar-refractivity contribution >= 4 is 34.4 Å². The highest BCUT2D eigenvalue weighted by Crippen LogP contribution is 2.25. The van der Waals surface area contributed by atoms with Gasteiger partial charge in [0.2, 0.25) is 5.95 Å². The maximum absolute atomic E-state index is 13.0. The van der Waals surface area contributed by atoms with Crippen LogP contribution < -0.4 is 5.32 Å². The van der Waals surface area contributed by atoms with E-state index >= 15 is 0 Å².